The summed E-state index contributed by atoms with van der Waals surface area (Å²) in [6.07, 6.45) is 0.816. The lowest BCUT2D eigenvalue weighted by atomic mass is 10.2. The molecule has 0 saturated carbocycles. The van der Waals surface area contributed by atoms with Gasteiger partial charge in [-0.05, 0) is 30.2 Å². The second kappa shape index (κ2) is 5.90. The summed E-state index contributed by atoms with van der Waals surface area (Å²) < 4.78 is 23.2. The van der Waals surface area contributed by atoms with Crippen LogP contribution in [0, 0.1) is 5.82 Å². The third kappa shape index (κ3) is 3.57. The van der Waals surface area contributed by atoms with Crippen LogP contribution in [0.3, 0.4) is 0 Å². The van der Waals surface area contributed by atoms with Crippen LogP contribution in [0.5, 0.6) is 0 Å². The molecule has 0 saturated heterocycles. The second-order valence-corrected chi connectivity index (χ2v) is 5.45. The first kappa shape index (κ1) is 11.4. The topological polar surface area (TPSA) is 18.5 Å². The van der Waals surface area contributed by atoms with E-state index in [1.165, 1.54) is 6.07 Å². The summed E-state index contributed by atoms with van der Waals surface area (Å²) in [7, 11) is 1.82. The molecule has 4 heteroatoms. The highest BCUT2D eigenvalue weighted by molar-refractivity contribution is 6.44. The molecular formula is C10H15FO2Si. The van der Waals surface area contributed by atoms with Crippen LogP contribution in [-0.4, -0.2) is 23.5 Å². The Morgan fingerprint density at radius 2 is 2.00 bits per heavy atom. The van der Waals surface area contributed by atoms with Gasteiger partial charge in [-0.2, -0.15) is 0 Å². The van der Waals surface area contributed by atoms with E-state index < -0.39 is 9.28 Å². The zero-order valence-corrected chi connectivity index (χ0v) is 9.65. The largest absolute Gasteiger partial charge is 0.400 e. The summed E-state index contributed by atoms with van der Waals surface area (Å²) in [6, 6.07) is 7.51. The van der Waals surface area contributed by atoms with Crippen LogP contribution in [-0.2, 0) is 15.3 Å². The fourth-order valence-corrected chi connectivity index (χ4v) is 2.54. The van der Waals surface area contributed by atoms with Crippen LogP contribution in [0.2, 0.25) is 6.04 Å². The van der Waals surface area contributed by atoms with Gasteiger partial charge in [-0.25, -0.2) is 4.39 Å². The fourth-order valence-electron chi connectivity index (χ4n) is 1.31. The summed E-state index contributed by atoms with van der Waals surface area (Å²) in [4.78, 5) is 0. The maximum atomic E-state index is 12.8. The number of halogens is 1. The van der Waals surface area contributed by atoms with E-state index in [2.05, 4.69) is 0 Å². The molecule has 0 aliphatic heterocycles. The van der Waals surface area contributed by atoms with Gasteiger partial charge in [0.2, 0.25) is 0 Å². The van der Waals surface area contributed by atoms with Gasteiger partial charge in [-0.15, -0.1) is 0 Å². The van der Waals surface area contributed by atoms with E-state index in [1.54, 1.807) is 26.4 Å². The van der Waals surface area contributed by atoms with Crippen molar-refractivity contribution >= 4 is 9.28 Å². The highest BCUT2D eigenvalue weighted by Gasteiger charge is 2.09. The first-order valence-corrected chi connectivity index (χ1v) is 6.32. The van der Waals surface area contributed by atoms with Crippen molar-refractivity contribution < 1.29 is 13.2 Å². The SMILES string of the molecule is CO[SiH](CCc1cccc(F)c1)OC. The molecule has 0 amide bonds. The molecule has 0 aliphatic carbocycles. The first-order valence-electron chi connectivity index (χ1n) is 4.56. The summed E-state index contributed by atoms with van der Waals surface area (Å²) in [6.45, 7) is 0. The Morgan fingerprint density at radius 1 is 1.29 bits per heavy atom. The Kier molecular flexibility index (Phi) is 4.79. The first-order chi connectivity index (χ1) is 6.76. The molecule has 0 N–H and O–H groups in total. The predicted molar refractivity (Wildman–Crippen MR) is 56.1 cm³/mol. The van der Waals surface area contributed by atoms with Crippen LogP contribution in [0.25, 0.3) is 0 Å². The van der Waals surface area contributed by atoms with Gasteiger partial charge in [-0.1, -0.05) is 12.1 Å². The van der Waals surface area contributed by atoms with Crippen molar-refractivity contribution in [1.29, 1.82) is 0 Å². The number of hydrogen-bond acceptors (Lipinski definition) is 2. The average molecular weight is 214 g/mol. The molecule has 0 aromatic heterocycles. The third-order valence-corrected chi connectivity index (χ3v) is 3.90. The molecular weight excluding hydrogens is 199 g/mol. The zero-order chi connectivity index (χ0) is 10.4. The molecule has 1 aromatic rings. The van der Waals surface area contributed by atoms with E-state index in [0.29, 0.717) is 0 Å². The molecule has 0 bridgehead atoms. The van der Waals surface area contributed by atoms with Gasteiger partial charge in [0.1, 0.15) is 5.82 Å². The minimum Gasteiger partial charge on any atom is -0.400 e. The van der Waals surface area contributed by atoms with E-state index in [1.807, 2.05) is 6.07 Å². The molecule has 1 rings (SSSR count). The van der Waals surface area contributed by atoms with E-state index in [-0.39, 0.29) is 5.82 Å². The molecule has 2 nitrogen and oxygen atoms in total. The number of benzene rings is 1. The van der Waals surface area contributed by atoms with E-state index >= 15 is 0 Å². The Morgan fingerprint density at radius 3 is 2.57 bits per heavy atom. The zero-order valence-electron chi connectivity index (χ0n) is 8.50. The lowest BCUT2D eigenvalue weighted by molar-refractivity contribution is 0.277. The van der Waals surface area contributed by atoms with Crippen molar-refractivity contribution in [1.82, 2.24) is 0 Å². The van der Waals surface area contributed by atoms with Crippen LogP contribution in [0.4, 0.5) is 4.39 Å². The monoisotopic (exact) mass is 214 g/mol. The molecule has 14 heavy (non-hydrogen) atoms. The molecule has 0 atom stereocenters. The van der Waals surface area contributed by atoms with Crippen molar-refractivity contribution in [2.45, 2.75) is 12.5 Å². The molecule has 0 unspecified atom stereocenters. The third-order valence-electron chi connectivity index (χ3n) is 2.08. The smallest absolute Gasteiger partial charge is 0.321 e. The van der Waals surface area contributed by atoms with E-state index in [0.717, 1.165) is 18.0 Å². The van der Waals surface area contributed by atoms with Crippen LogP contribution < -0.4 is 0 Å². The maximum Gasteiger partial charge on any atom is 0.321 e. The molecule has 0 spiro atoms. The summed E-state index contributed by atoms with van der Waals surface area (Å²) in [5, 5.41) is 0. The van der Waals surface area contributed by atoms with Crippen molar-refractivity contribution in [3.63, 3.8) is 0 Å². The Labute approximate surface area is 85.5 Å². The molecule has 0 radical (unpaired) electrons. The Balaban J connectivity index is 2.44. The average Bonchev–Trinajstić information content (AvgIpc) is 2.19. The van der Waals surface area contributed by atoms with Gasteiger partial charge in [0.15, 0.2) is 0 Å². The van der Waals surface area contributed by atoms with Gasteiger partial charge in [-0.3, -0.25) is 0 Å². The standard InChI is InChI=1S/C10H15FO2Si/c1-12-14(13-2)7-6-9-4-3-5-10(11)8-9/h3-5,8,14H,6-7H2,1-2H3. The second-order valence-electron chi connectivity index (χ2n) is 3.07. The van der Waals surface area contributed by atoms with Crippen molar-refractivity contribution in [3.8, 4) is 0 Å². The molecule has 0 fully saturated rings. The van der Waals surface area contributed by atoms with Crippen LogP contribution >= 0.6 is 0 Å². The molecule has 0 aliphatic rings. The van der Waals surface area contributed by atoms with Gasteiger partial charge in [0, 0.05) is 14.2 Å². The Hall–Kier alpha value is -0.713. The highest BCUT2D eigenvalue weighted by Crippen LogP contribution is 2.08. The fraction of sp³-hybridized carbons (Fsp3) is 0.400. The number of rotatable bonds is 5. The van der Waals surface area contributed by atoms with Crippen LogP contribution in [0.15, 0.2) is 24.3 Å². The summed E-state index contributed by atoms with van der Waals surface area (Å²) >= 11 is 0. The van der Waals surface area contributed by atoms with E-state index in [9.17, 15) is 4.39 Å². The minimum absolute atomic E-state index is 0.185. The molecule has 1 aromatic carbocycles. The van der Waals surface area contributed by atoms with Crippen molar-refractivity contribution in [2.75, 3.05) is 14.2 Å². The Bertz CT molecular complexity index is 277. The number of aryl methyl sites for hydroxylation is 1. The van der Waals surface area contributed by atoms with Gasteiger partial charge in [0.25, 0.3) is 0 Å². The maximum absolute atomic E-state index is 12.8. The molecule has 78 valence electrons. The van der Waals surface area contributed by atoms with Crippen molar-refractivity contribution in [3.05, 3.63) is 35.6 Å². The lowest BCUT2D eigenvalue weighted by Crippen LogP contribution is -2.19. The van der Waals surface area contributed by atoms with Crippen LogP contribution in [0.1, 0.15) is 5.56 Å². The lowest BCUT2D eigenvalue weighted by Gasteiger charge is -2.10. The van der Waals surface area contributed by atoms with Gasteiger partial charge >= 0.3 is 9.28 Å². The normalized spacial score (nSPS) is 10.9. The number of hydrogen-bond donors (Lipinski definition) is 0. The van der Waals surface area contributed by atoms with E-state index in [4.69, 9.17) is 8.85 Å². The van der Waals surface area contributed by atoms with Gasteiger partial charge < -0.3 is 8.85 Å². The summed E-state index contributed by atoms with van der Waals surface area (Å²) in [5.74, 6) is -0.185. The molecule has 0 heterocycles. The minimum atomic E-state index is -1.50. The quantitative estimate of drug-likeness (QED) is 0.697. The van der Waals surface area contributed by atoms with Crippen molar-refractivity contribution in [2.24, 2.45) is 0 Å². The highest BCUT2D eigenvalue weighted by atomic mass is 28.3. The predicted octanol–water partition coefficient (Wildman–Crippen LogP) is 1.88. The summed E-state index contributed by atoms with van der Waals surface area (Å²) in [5.41, 5.74) is 0.997. The van der Waals surface area contributed by atoms with Gasteiger partial charge in [0.05, 0.1) is 0 Å².